The molecule has 2 aliphatic rings. The van der Waals surface area contributed by atoms with E-state index in [1.165, 1.54) is 19.4 Å². The molecule has 0 aromatic carbocycles. The lowest BCUT2D eigenvalue weighted by Gasteiger charge is -2.27. The van der Waals surface area contributed by atoms with Crippen molar-refractivity contribution in [2.75, 3.05) is 7.11 Å². The predicted molar refractivity (Wildman–Crippen MR) is 102 cm³/mol. The Bertz CT molecular complexity index is 767. The fourth-order valence-corrected chi connectivity index (χ4v) is 3.75. The maximum Gasteiger partial charge on any atom is 0.329 e. The first-order valence-corrected chi connectivity index (χ1v) is 9.81. The topological polar surface area (TPSA) is 116 Å². The summed E-state index contributed by atoms with van der Waals surface area (Å²) in [5, 5.41) is 12.8. The van der Waals surface area contributed by atoms with Crippen LogP contribution in [0.4, 0.5) is 0 Å². The van der Waals surface area contributed by atoms with Crippen LogP contribution in [0.1, 0.15) is 56.9 Å². The van der Waals surface area contributed by atoms with Crippen molar-refractivity contribution in [2.45, 2.75) is 76.6 Å². The summed E-state index contributed by atoms with van der Waals surface area (Å²) in [6.07, 6.45) is 2.99. The Morgan fingerprint density at radius 2 is 2.03 bits per heavy atom. The normalized spacial score (nSPS) is 29.4. The molecule has 2 saturated heterocycles. The van der Waals surface area contributed by atoms with E-state index < -0.39 is 29.8 Å². The number of hydrogen-bond acceptors (Lipinski definition) is 8. The number of methoxy groups -OCH3 is 1. The minimum atomic E-state index is -0.857. The average molecular weight is 408 g/mol. The molecule has 2 N–H and O–H groups in total. The van der Waals surface area contributed by atoms with E-state index in [-0.39, 0.29) is 29.4 Å². The first-order chi connectivity index (χ1) is 13.7. The third-order valence-corrected chi connectivity index (χ3v) is 5.13. The van der Waals surface area contributed by atoms with Crippen molar-refractivity contribution >= 4 is 11.9 Å². The summed E-state index contributed by atoms with van der Waals surface area (Å²) in [6, 6.07) is 0.580. The molecule has 0 saturated carbocycles. The molecule has 4 atom stereocenters. The van der Waals surface area contributed by atoms with Gasteiger partial charge in [-0.1, -0.05) is 12.8 Å². The number of nitrogens with zero attached hydrogens (tertiary/aromatic N) is 1. The summed E-state index contributed by atoms with van der Waals surface area (Å²) in [6.45, 7) is 5.44. The monoisotopic (exact) mass is 408 g/mol. The smallest absolute Gasteiger partial charge is 0.329 e. The van der Waals surface area contributed by atoms with Crippen LogP contribution >= 0.6 is 0 Å². The zero-order valence-corrected chi connectivity index (χ0v) is 17.1. The summed E-state index contributed by atoms with van der Waals surface area (Å²) in [5.41, 5.74) is -0.211. The van der Waals surface area contributed by atoms with Gasteiger partial charge in [-0.2, -0.15) is 0 Å². The van der Waals surface area contributed by atoms with E-state index in [2.05, 4.69) is 10.3 Å². The van der Waals surface area contributed by atoms with Crippen LogP contribution in [0.3, 0.4) is 0 Å². The van der Waals surface area contributed by atoms with Crippen LogP contribution in [-0.4, -0.2) is 59.2 Å². The first-order valence-electron chi connectivity index (χ1n) is 9.81. The number of rotatable bonds is 3. The summed E-state index contributed by atoms with van der Waals surface area (Å²) >= 11 is 0. The van der Waals surface area contributed by atoms with Gasteiger partial charge in [0.2, 0.25) is 0 Å². The van der Waals surface area contributed by atoms with Crippen LogP contribution in [-0.2, 0) is 19.0 Å². The maximum absolute atomic E-state index is 12.7. The molecule has 29 heavy (non-hydrogen) atoms. The number of hydrogen-bond donors (Lipinski definition) is 2. The molecule has 0 bridgehead atoms. The van der Waals surface area contributed by atoms with Gasteiger partial charge in [0.25, 0.3) is 5.91 Å². The Labute approximate surface area is 169 Å². The third kappa shape index (κ3) is 4.79. The Kier molecular flexibility index (Phi) is 6.28. The Balaban J connectivity index is 1.72. The van der Waals surface area contributed by atoms with Gasteiger partial charge in [-0.25, -0.2) is 9.78 Å². The lowest BCUT2D eigenvalue weighted by molar-refractivity contribution is -0.170. The van der Waals surface area contributed by atoms with Gasteiger partial charge in [-0.3, -0.25) is 4.79 Å². The van der Waals surface area contributed by atoms with E-state index in [0.29, 0.717) is 12.8 Å². The van der Waals surface area contributed by atoms with Crippen molar-refractivity contribution in [3.63, 3.8) is 0 Å². The van der Waals surface area contributed by atoms with E-state index in [9.17, 15) is 14.7 Å². The molecule has 0 aliphatic carbocycles. The number of amides is 1. The number of aromatic nitrogens is 1. The highest BCUT2D eigenvalue weighted by molar-refractivity contribution is 5.97. The summed E-state index contributed by atoms with van der Waals surface area (Å²) in [5.74, 6) is -2.21. The van der Waals surface area contributed by atoms with Crippen LogP contribution in [0, 0.1) is 0 Å². The molecule has 0 unspecified atom stereocenters. The number of nitrogens with one attached hydrogen (secondary N) is 1. The van der Waals surface area contributed by atoms with Crippen molar-refractivity contribution in [2.24, 2.45) is 0 Å². The highest BCUT2D eigenvalue weighted by atomic mass is 16.8. The minimum absolute atomic E-state index is 0.124. The lowest BCUT2D eigenvalue weighted by Crippen LogP contribution is -2.46. The van der Waals surface area contributed by atoms with Gasteiger partial charge in [-0.05, 0) is 33.6 Å². The second-order valence-corrected chi connectivity index (χ2v) is 7.80. The molecule has 2 fully saturated rings. The van der Waals surface area contributed by atoms with Crippen LogP contribution in [0.15, 0.2) is 12.3 Å². The largest absolute Gasteiger partial charge is 0.503 e. The Morgan fingerprint density at radius 1 is 1.31 bits per heavy atom. The molecule has 1 aromatic heterocycles. The number of cyclic esters (lactones) is 1. The molecule has 1 amide bonds. The molecule has 1 aromatic rings. The second-order valence-electron chi connectivity index (χ2n) is 7.80. The van der Waals surface area contributed by atoms with Gasteiger partial charge in [0.05, 0.1) is 13.2 Å². The summed E-state index contributed by atoms with van der Waals surface area (Å²) in [7, 11) is 1.38. The van der Waals surface area contributed by atoms with Crippen molar-refractivity contribution in [3.8, 4) is 11.5 Å². The van der Waals surface area contributed by atoms with E-state index in [0.717, 1.165) is 12.8 Å². The zero-order valence-electron chi connectivity index (χ0n) is 17.1. The van der Waals surface area contributed by atoms with Gasteiger partial charge in [0, 0.05) is 12.3 Å². The van der Waals surface area contributed by atoms with Crippen molar-refractivity contribution in [1.82, 2.24) is 10.3 Å². The number of fused-ring (bicyclic) bond motifs is 1. The fraction of sp³-hybridized carbons (Fsp3) is 0.650. The van der Waals surface area contributed by atoms with Crippen molar-refractivity contribution in [1.29, 1.82) is 0 Å². The highest BCUT2D eigenvalue weighted by Gasteiger charge is 2.45. The number of ether oxygens (including phenoxy) is 4. The van der Waals surface area contributed by atoms with E-state index in [4.69, 9.17) is 18.9 Å². The Morgan fingerprint density at radius 3 is 2.76 bits per heavy atom. The molecule has 2 aliphatic heterocycles. The SMILES string of the molecule is COc1ccnc(C(=O)N[C@H]2CCCC[C@@H]3OC(C)(C)O[C@H]3[C@H](C)OC2=O)c1O. The number of esters is 1. The molecule has 3 heterocycles. The van der Waals surface area contributed by atoms with Crippen LogP contribution in [0.2, 0.25) is 0 Å². The molecule has 0 spiro atoms. The summed E-state index contributed by atoms with van der Waals surface area (Å²) in [4.78, 5) is 29.2. The van der Waals surface area contributed by atoms with Gasteiger partial charge < -0.3 is 29.4 Å². The maximum atomic E-state index is 12.7. The second kappa shape index (κ2) is 8.54. The summed E-state index contributed by atoms with van der Waals surface area (Å²) < 4.78 is 22.5. The third-order valence-electron chi connectivity index (χ3n) is 5.13. The predicted octanol–water partition coefficient (Wildman–Crippen LogP) is 1.92. The molecular formula is C20H28N2O7. The zero-order chi connectivity index (χ0) is 21.2. The quantitative estimate of drug-likeness (QED) is 0.729. The number of carbonyl (C=O) groups is 2. The number of carbonyl (C=O) groups excluding carboxylic acids is 2. The standard InChI is InChI=1S/C20H28N2O7/c1-11-17-14(28-20(2,3)29-17)8-6-5-7-12(19(25)27-11)22-18(24)15-16(23)13(26-4)9-10-21-15/h9-12,14,17,23H,5-8H2,1-4H3,(H,22,24)/t11-,12-,14-,17-/m0/s1. The minimum Gasteiger partial charge on any atom is -0.503 e. The van der Waals surface area contributed by atoms with Crippen LogP contribution in [0.5, 0.6) is 11.5 Å². The molecule has 0 radical (unpaired) electrons. The molecular weight excluding hydrogens is 380 g/mol. The van der Waals surface area contributed by atoms with Gasteiger partial charge in [0.15, 0.2) is 23.0 Å². The van der Waals surface area contributed by atoms with Gasteiger partial charge in [0.1, 0.15) is 18.2 Å². The van der Waals surface area contributed by atoms with Crippen molar-refractivity contribution < 1.29 is 33.6 Å². The molecule has 9 heteroatoms. The van der Waals surface area contributed by atoms with E-state index in [1.54, 1.807) is 6.92 Å². The fourth-order valence-electron chi connectivity index (χ4n) is 3.75. The lowest BCUT2D eigenvalue weighted by atomic mass is 9.99. The highest BCUT2D eigenvalue weighted by Crippen LogP contribution is 2.34. The van der Waals surface area contributed by atoms with Gasteiger partial charge >= 0.3 is 5.97 Å². The first kappa shape index (κ1) is 21.3. The molecule has 9 nitrogen and oxygen atoms in total. The van der Waals surface area contributed by atoms with E-state index in [1.807, 2.05) is 13.8 Å². The number of aromatic hydroxyl groups is 1. The van der Waals surface area contributed by atoms with Gasteiger partial charge in [-0.15, -0.1) is 0 Å². The van der Waals surface area contributed by atoms with Crippen molar-refractivity contribution in [3.05, 3.63) is 18.0 Å². The van der Waals surface area contributed by atoms with Crippen LogP contribution in [0.25, 0.3) is 0 Å². The van der Waals surface area contributed by atoms with Crippen LogP contribution < -0.4 is 10.1 Å². The molecule has 160 valence electrons. The number of pyridine rings is 1. The average Bonchev–Trinajstić information content (AvgIpc) is 2.98. The van der Waals surface area contributed by atoms with E-state index >= 15 is 0 Å². The molecule has 3 rings (SSSR count). The Hall–Kier alpha value is -2.39.